The van der Waals surface area contributed by atoms with Crippen LogP contribution in [0.15, 0.2) is 11.1 Å². The Morgan fingerprint density at radius 3 is 2.33 bits per heavy atom. The molecule has 0 aromatic heterocycles. The number of rotatable bonds is 5. The minimum absolute atomic E-state index is 0.152. The van der Waals surface area contributed by atoms with Gasteiger partial charge in [-0.3, -0.25) is 0 Å². The van der Waals surface area contributed by atoms with Crippen LogP contribution in [-0.4, -0.2) is 57.4 Å². The van der Waals surface area contributed by atoms with Crippen LogP contribution in [0.5, 0.6) is 0 Å². The molecule has 1 saturated heterocycles. The van der Waals surface area contributed by atoms with Gasteiger partial charge in [0, 0.05) is 33.4 Å². The van der Waals surface area contributed by atoms with Crippen molar-refractivity contribution in [1.82, 2.24) is 9.21 Å². The van der Waals surface area contributed by atoms with E-state index in [-0.39, 0.29) is 11.5 Å². The van der Waals surface area contributed by atoms with E-state index >= 15 is 0 Å². The summed E-state index contributed by atoms with van der Waals surface area (Å²) in [5, 5.41) is 0. The molecule has 0 atom stereocenters. The van der Waals surface area contributed by atoms with Crippen molar-refractivity contribution in [2.45, 2.75) is 19.8 Å². The van der Waals surface area contributed by atoms with E-state index in [4.69, 9.17) is 4.74 Å². The predicted octanol–water partition coefficient (Wildman–Crippen LogP) is 0.378. The number of nitrogens with zero attached hydrogens (tertiary/aromatic N) is 2. The molecule has 1 aliphatic heterocycles. The lowest BCUT2D eigenvalue weighted by molar-refractivity contribution is -0.137. The molecule has 0 aliphatic carbocycles. The van der Waals surface area contributed by atoms with E-state index in [2.05, 4.69) is 0 Å². The quantitative estimate of drug-likeness (QED) is 0.536. The number of ether oxygens (including phenoxy) is 1. The number of carbonyl (C=O) groups is 1. The predicted molar refractivity (Wildman–Crippen MR) is 68.1 cm³/mol. The molecule has 7 heteroatoms. The molecule has 1 heterocycles. The Labute approximate surface area is 108 Å². The molecule has 0 N–H and O–H groups in total. The maximum atomic E-state index is 12.3. The number of sulfonamides is 1. The molecular formula is C11H20N2O4S. The molecule has 0 bridgehead atoms. The van der Waals surface area contributed by atoms with Gasteiger partial charge in [-0.1, -0.05) is 0 Å². The first-order valence-corrected chi connectivity index (χ1v) is 7.39. The topological polar surface area (TPSA) is 66.9 Å². The van der Waals surface area contributed by atoms with Gasteiger partial charge in [0.2, 0.25) is 0 Å². The molecule has 1 aliphatic rings. The summed E-state index contributed by atoms with van der Waals surface area (Å²) >= 11 is 0. The maximum absolute atomic E-state index is 12.3. The van der Waals surface area contributed by atoms with Crippen LogP contribution in [0.1, 0.15) is 19.8 Å². The zero-order valence-electron chi connectivity index (χ0n) is 11.0. The molecule has 0 saturated carbocycles. The highest BCUT2D eigenvalue weighted by Crippen LogP contribution is 2.20. The minimum atomic E-state index is -3.74. The zero-order chi connectivity index (χ0) is 13.8. The third-order valence-electron chi connectivity index (χ3n) is 2.53. The Hall–Kier alpha value is -1.08. The van der Waals surface area contributed by atoms with Gasteiger partial charge in [0.15, 0.2) is 4.91 Å². The fourth-order valence-corrected chi connectivity index (χ4v) is 3.36. The number of esters is 1. The van der Waals surface area contributed by atoms with Gasteiger partial charge in [-0.25, -0.2) is 13.2 Å². The fraction of sp³-hybridized carbons (Fsp3) is 0.727. The van der Waals surface area contributed by atoms with Crippen molar-refractivity contribution in [2.24, 2.45) is 0 Å². The van der Waals surface area contributed by atoms with Crippen LogP contribution in [0.25, 0.3) is 0 Å². The maximum Gasteiger partial charge on any atom is 0.352 e. The monoisotopic (exact) mass is 276 g/mol. The van der Waals surface area contributed by atoms with Crippen LogP contribution >= 0.6 is 0 Å². The number of hydrogen-bond acceptors (Lipinski definition) is 5. The molecule has 0 radical (unpaired) electrons. The van der Waals surface area contributed by atoms with Crippen molar-refractivity contribution in [2.75, 3.05) is 33.8 Å². The van der Waals surface area contributed by atoms with Crippen LogP contribution in [0.4, 0.5) is 0 Å². The minimum Gasteiger partial charge on any atom is -0.462 e. The van der Waals surface area contributed by atoms with Crippen molar-refractivity contribution in [3.05, 3.63) is 11.1 Å². The summed E-state index contributed by atoms with van der Waals surface area (Å²) in [6.45, 7) is 2.73. The van der Waals surface area contributed by atoms with Crippen LogP contribution < -0.4 is 0 Å². The Morgan fingerprint density at radius 2 is 1.89 bits per heavy atom. The second-order valence-electron chi connectivity index (χ2n) is 4.29. The number of hydrogen-bond donors (Lipinski definition) is 0. The SMILES string of the molecule is CCOC(=O)/C(=C/N(C)C)S(=O)(=O)N1CCCC1. The zero-order valence-corrected chi connectivity index (χ0v) is 11.9. The lowest BCUT2D eigenvalue weighted by Crippen LogP contribution is -2.33. The van der Waals surface area contributed by atoms with Crippen molar-refractivity contribution in [1.29, 1.82) is 0 Å². The molecule has 1 rings (SSSR count). The summed E-state index contributed by atoms with van der Waals surface area (Å²) in [5.41, 5.74) is 0. The van der Waals surface area contributed by atoms with Gasteiger partial charge in [0.25, 0.3) is 10.0 Å². The van der Waals surface area contributed by atoms with E-state index in [1.165, 1.54) is 15.4 Å². The molecule has 0 spiro atoms. The van der Waals surface area contributed by atoms with Gasteiger partial charge in [0.05, 0.1) is 6.61 Å². The first-order chi connectivity index (χ1) is 8.39. The molecule has 0 aromatic rings. The van der Waals surface area contributed by atoms with Crippen molar-refractivity contribution < 1.29 is 17.9 Å². The van der Waals surface area contributed by atoms with E-state index in [1.807, 2.05) is 0 Å². The Morgan fingerprint density at radius 1 is 1.33 bits per heavy atom. The van der Waals surface area contributed by atoms with Gasteiger partial charge < -0.3 is 9.64 Å². The van der Waals surface area contributed by atoms with E-state index in [0.29, 0.717) is 13.1 Å². The molecular weight excluding hydrogens is 256 g/mol. The Kier molecular flexibility index (Phi) is 5.15. The van der Waals surface area contributed by atoms with Gasteiger partial charge in [-0.05, 0) is 19.8 Å². The third kappa shape index (κ3) is 3.46. The lowest BCUT2D eigenvalue weighted by atomic mass is 10.4. The largest absolute Gasteiger partial charge is 0.462 e. The average Bonchev–Trinajstić information content (AvgIpc) is 2.79. The molecule has 18 heavy (non-hydrogen) atoms. The highest BCUT2D eigenvalue weighted by atomic mass is 32.2. The first-order valence-electron chi connectivity index (χ1n) is 5.95. The second kappa shape index (κ2) is 6.19. The smallest absolute Gasteiger partial charge is 0.352 e. The molecule has 0 aromatic carbocycles. The van der Waals surface area contributed by atoms with Gasteiger partial charge >= 0.3 is 5.97 Å². The summed E-state index contributed by atoms with van der Waals surface area (Å²) in [5.74, 6) is -0.793. The summed E-state index contributed by atoms with van der Waals surface area (Å²) in [6.07, 6.45) is 2.96. The molecule has 1 fully saturated rings. The molecule has 104 valence electrons. The standard InChI is InChI=1S/C11H20N2O4S/c1-4-17-11(14)10(9-12(2)3)18(15,16)13-7-5-6-8-13/h9H,4-8H2,1-3H3/b10-9-. The molecule has 0 amide bonds. The van der Waals surface area contributed by atoms with Gasteiger partial charge in [0.1, 0.15) is 0 Å². The van der Waals surface area contributed by atoms with Gasteiger partial charge in [-0.15, -0.1) is 0 Å². The fourth-order valence-electron chi connectivity index (χ4n) is 1.73. The van der Waals surface area contributed by atoms with Gasteiger partial charge in [-0.2, -0.15) is 4.31 Å². The van der Waals surface area contributed by atoms with Crippen molar-refractivity contribution >= 4 is 16.0 Å². The first kappa shape index (κ1) is 15.0. The van der Waals surface area contributed by atoms with Crippen molar-refractivity contribution in [3.63, 3.8) is 0 Å². The number of carbonyl (C=O) groups excluding carboxylic acids is 1. The third-order valence-corrected chi connectivity index (χ3v) is 4.41. The van der Waals surface area contributed by atoms with E-state index in [9.17, 15) is 13.2 Å². The highest BCUT2D eigenvalue weighted by molar-refractivity contribution is 7.94. The lowest BCUT2D eigenvalue weighted by Gasteiger charge is -2.18. The summed E-state index contributed by atoms with van der Waals surface area (Å²) in [7, 11) is -0.408. The summed E-state index contributed by atoms with van der Waals surface area (Å²) in [4.78, 5) is 13.0. The average molecular weight is 276 g/mol. The Bertz CT molecular complexity index is 422. The van der Waals surface area contributed by atoms with Crippen molar-refractivity contribution in [3.8, 4) is 0 Å². The molecule has 0 unspecified atom stereocenters. The summed E-state index contributed by atoms with van der Waals surface area (Å²) in [6, 6.07) is 0. The highest BCUT2D eigenvalue weighted by Gasteiger charge is 2.34. The molecule has 6 nitrogen and oxygen atoms in total. The van der Waals surface area contributed by atoms with E-state index < -0.39 is 16.0 Å². The normalized spacial score (nSPS) is 17.8. The van der Waals surface area contributed by atoms with E-state index in [0.717, 1.165) is 12.8 Å². The van der Waals surface area contributed by atoms with Crippen LogP contribution in [0, 0.1) is 0 Å². The van der Waals surface area contributed by atoms with Crippen LogP contribution in [-0.2, 0) is 19.6 Å². The van der Waals surface area contributed by atoms with Crippen LogP contribution in [0.3, 0.4) is 0 Å². The second-order valence-corrected chi connectivity index (χ2v) is 6.19. The Balaban J connectivity index is 3.06. The summed E-state index contributed by atoms with van der Waals surface area (Å²) < 4.78 is 30.8. The van der Waals surface area contributed by atoms with Crippen LogP contribution in [0.2, 0.25) is 0 Å². The van der Waals surface area contributed by atoms with E-state index in [1.54, 1.807) is 21.0 Å².